The van der Waals surface area contributed by atoms with Crippen LogP contribution in [0.4, 0.5) is 0 Å². The largest absolute Gasteiger partial charge is 0.332 e. The normalized spacial score (nSPS) is 20.9. The smallest absolute Gasteiger partial charge is 0.293 e. The maximum absolute atomic E-state index is 12.6. The van der Waals surface area contributed by atoms with Crippen LogP contribution < -0.4 is 0 Å². The van der Waals surface area contributed by atoms with Crippen LogP contribution in [-0.4, -0.2) is 63.6 Å². The summed E-state index contributed by atoms with van der Waals surface area (Å²) >= 11 is 0. The van der Waals surface area contributed by atoms with Crippen LogP contribution in [0, 0.1) is 0 Å². The van der Waals surface area contributed by atoms with Crippen LogP contribution >= 0.6 is 0 Å². The first-order valence-corrected chi connectivity index (χ1v) is 7.56. The van der Waals surface area contributed by atoms with E-state index in [0.717, 1.165) is 51.1 Å². The predicted octanol–water partition coefficient (Wildman–Crippen LogP) is 1.31. The fourth-order valence-electron chi connectivity index (χ4n) is 2.73. The van der Waals surface area contributed by atoms with Gasteiger partial charge in [-0.2, -0.15) is 0 Å². The lowest BCUT2D eigenvalue weighted by Crippen LogP contribution is -2.43. The Morgan fingerprint density at radius 3 is 2.90 bits per heavy atom. The number of aryl methyl sites for hydroxylation is 1. The quantitative estimate of drug-likeness (QED) is 0.902. The molecule has 1 amide bonds. The molecule has 1 saturated heterocycles. The van der Waals surface area contributed by atoms with E-state index in [2.05, 4.69) is 41.0 Å². The summed E-state index contributed by atoms with van der Waals surface area (Å²) in [5, 5.41) is 6.95. The number of nitrogens with zero attached hydrogens (tertiary/aromatic N) is 4. The van der Waals surface area contributed by atoms with Crippen LogP contribution in [0.25, 0.3) is 0 Å². The molecular weight excluding hydrogens is 254 g/mol. The van der Waals surface area contributed by atoms with E-state index in [0.29, 0.717) is 5.82 Å². The number of hydrogen-bond acceptors (Lipinski definition) is 4. The highest BCUT2D eigenvalue weighted by atomic mass is 16.2. The van der Waals surface area contributed by atoms with Crippen LogP contribution in [0.5, 0.6) is 0 Å². The number of H-pyrrole nitrogens is 1. The van der Waals surface area contributed by atoms with Gasteiger partial charge in [-0.05, 0) is 32.9 Å². The number of hydrogen-bond donors (Lipinski definition) is 1. The Kier molecular flexibility index (Phi) is 5.11. The van der Waals surface area contributed by atoms with Gasteiger partial charge in [-0.3, -0.25) is 9.89 Å². The monoisotopic (exact) mass is 279 g/mol. The Hall–Kier alpha value is -1.43. The minimum absolute atomic E-state index is 0.0363. The molecule has 112 valence electrons. The van der Waals surface area contributed by atoms with Crippen LogP contribution in [-0.2, 0) is 6.42 Å². The average Bonchev–Trinajstić information content (AvgIpc) is 2.81. The lowest BCUT2D eigenvalue weighted by Gasteiger charge is -2.29. The summed E-state index contributed by atoms with van der Waals surface area (Å²) in [5.74, 6) is 1.08. The first kappa shape index (κ1) is 15.0. The van der Waals surface area contributed by atoms with Crippen molar-refractivity contribution in [3.8, 4) is 0 Å². The summed E-state index contributed by atoms with van der Waals surface area (Å²) in [6, 6.07) is 0.253. The molecule has 1 fully saturated rings. The number of nitrogens with one attached hydrogen (secondary N) is 1. The van der Waals surface area contributed by atoms with E-state index in [9.17, 15) is 4.79 Å². The van der Waals surface area contributed by atoms with E-state index in [-0.39, 0.29) is 11.9 Å². The van der Waals surface area contributed by atoms with Crippen molar-refractivity contribution >= 4 is 5.91 Å². The highest BCUT2D eigenvalue weighted by Gasteiger charge is 2.28. The number of rotatable bonds is 4. The van der Waals surface area contributed by atoms with Crippen LogP contribution in [0.3, 0.4) is 0 Å². The lowest BCUT2D eigenvalue weighted by molar-refractivity contribution is 0.0663. The minimum Gasteiger partial charge on any atom is -0.332 e. The molecule has 0 aliphatic carbocycles. The van der Waals surface area contributed by atoms with Gasteiger partial charge >= 0.3 is 0 Å². The third-order valence-electron chi connectivity index (χ3n) is 3.84. The first-order chi connectivity index (χ1) is 9.65. The Morgan fingerprint density at radius 1 is 1.40 bits per heavy atom. The van der Waals surface area contributed by atoms with Gasteiger partial charge in [-0.15, -0.1) is 5.10 Å². The van der Waals surface area contributed by atoms with Gasteiger partial charge in [0.2, 0.25) is 5.82 Å². The summed E-state index contributed by atoms with van der Waals surface area (Å²) in [6.07, 6.45) is 3.79. The molecule has 2 rings (SSSR count). The Bertz CT molecular complexity index is 445. The van der Waals surface area contributed by atoms with E-state index in [1.807, 2.05) is 4.90 Å². The summed E-state index contributed by atoms with van der Waals surface area (Å²) in [7, 11) is 2.11. The maximum Gasteiger partial charge on any atom is 0.293 e. The van der Waals surface area contributed by atoms with E-state index in [1.165, 1.54) is 0 Å². The minimum atomic E-state index is -0.0363. The molecule has 1 N–H and O–H groups in total. The zero-order chi connectivity index (χ0) is 14.5. The van der Waals surface area contributed by atoms with E-state index < -0.39 is 0 Å². The van der Waals surface area contributed by atoms with E-state index >= 15 is 0 Å². The molecule has 0 spiro atoms. The van der Waals surface area contributed by atoms with Crippen LogP contribution in [0.15, 0.2) is 0 Å². The number of likely N-dealkylation sites (N-methyl/N-ethyl adjacent to an activating group) is 1. The van der Waals surface area contributed by atoms with Gasteiger partial charge in [0.1, 0.15) is 5.82 Å². The molecule has 0 saturated carbocycles. The van der Waals surface area contributed by atoms with Gasteiger partial charge in [-0.1, -0.05) is 13.8 Å². The molecule has 0 radical (unpaired) electrons. The molecule has 1 unspecified atom stereocenters. The third-order valence-corrected chi connectivity index (χ3v) is 3.84. The van der Waals surface area contributed by atoms with Crippen molar-refractivity contribution in [2.24, 2.45) is 0 Å². The molecule has 6 heteroatoms. The fraction of sp³-hybridized carbons (Fsp3) is 0.786. The number of aromatic nitrogens is 3. The standard InChI is InChI=1S/C14H25N5O/c1-4-7-12-15-13(17-16-12)14(20)19-9-6-8-18(3)10-11(19)5-2/h11H,4-10H2,1-3H3,(H,15,16,17). The van der Waals surface area contributed by atoms with Crippen molar-refractivity contribution in [2.45, 2.75) is 45.6 Å². The number of amides is 1. The highest BCUT2D eigenvalue weighted by Crippen LogP contribution is 2.14. The van der Waals surface area contributed by atoms with Crippen molar-refractivity contribution in [1.29, 1.82) is 0 Å². The zero-order valence-electron chi connectivity index (χ0n) is 12.7. The first-order valence-electron chi connectivity index (χ1n) is 7.56. The van der Waals surface area contributed by atoms with Gasteiger partial charge in [0.05, 0.1) is 0 Å². The SMILES string of the molecule is CCCc1nc(C(=O)N2CCCN(C)CC2CC)n[nH]1. The summed E-state index contributed by atoms with van der Waals surface area (Å²) in [5.41, 5.74) is 0. The zero-order valence-corrected chi connectivity index (χ0v) is 12.7. The molecule has 1 aliphatic rings. The number of carbonyl (C=O) groups excluding carboxylic acids is 1. The van der Waals surface area contributed by atoms with E-state index in [4.69, 9.17) is 0 Å². The van der Waals surface area contributed by atoms with Crippen molar-refractivity contribution in [1.82, 2.24) is 25.0 Å². The van der Waals surface area contributed by atoms with Gasteiger partial charge in [0.15, 0.2) is 0 Å². The van der Waals surface area contributed by atoms with Gasteiger partial charge in [0.25, 0.3) is 5.91 Å². The number of aromatic amines is 1. The van der Waals surface area contributed by atoms with Crippen LogP contribution in [0.1, 0.15) is 49.6 Å². The molecule has 20 heavy (non-hydrogen) atoms. The van der Waals surface area contributed by atoms with Crippen molar-refractivity contribution in [3.63, 3.8) is 0 Å². The Balaban J connectivity index is 2.12. The molecule has 0 bridgehead atoms. The highest BCUT2D eigenvalue weighted by molar-refractivity contribution is 5.90. The fourth-order valence-corrected chi connectivity index (χ4v) is 2.73. The molecule has 1 aromatic heterocycles. The molecule has 6 nitrogen and oxygen atoms in total. The Morgan fingerprint density at radius 2 is 2.20 bits per heavy atom. The molecule has 1 atom stereocenters. The topological polar surface area (TPSA) is 65.1 Å². The van der Waals surface area contributed by atoms with Crippen molar-refractivity contribution < 1.29 is 4.79 Å². The number of carbonyl (C=O) groups is 1. The molecule has 2 heterocycles. The van der Waals surface area contributed by atoms with Gasteiger partial charge in [0, 0.05) is 25.6 Å². The second kappa shape index (κ2) is 6.83. The second-order valence-electron chi connectivity index (χ2n) is 5.53. The van der Waals surface area contributed by atoms with Crippen molar-refractivity contribution in [3.05, 3.63) is 11.6 Å². The van der Waals surface area contributed by atoms with E-state index in [1.54, 1.807) is 0 Å². The predicted molar refractivity (Wildman–Crippen MR) is 77.6 cm³/mol. The summed E-state index contributed by atoms with van der Waals surface area (Å²) < 4.78 is 0. The Labute approximate surface area is 120 Å². The van der Waals surface area contributed by atoms with Crippen molar-refractivity contribution in [2.75, 3.05) is 26.7 Å². The average molecular weight is 279 g/mol. The third kappa shape index (κ3) is 3.36. The molecule has 1 aliphatic heterocycles. The maximum atomic E-state index is 12.6. The summed E-state index contributed by atoms with van der Waals surface area (Å²) in [4.78, 5) is 21.2. The lowest BCUT2D eigenvalue weighted by atomic mass is 10.2. The molecule has 1 aromatic rings. The van der Waals surface area contributed by atoms with Gasteiger partial charge < -0.3 is 9.80 Å². The summed E-state index contributed by atoms with van der Waals surface area (Å²) in [6.45, 7) is 6.97. The molecular formula is C14H25N5O. The van der Waals surface area contributed by atoms with Gasteiger partial charge in [-0.25, -0.2) is 4.98 Å². The molecule has 0 aromatic carbocycles. The second-order valence-corrected chi connectivity index (χ2v) is 5.53. The van der Waals surface area contributed by atoms with Crippen LogP contribution in [0.2, 0.25) is 0 Å².